The zero-order valence-corrected chi connectivity index (χ0v) is 31.3. The third kappa shape index (κ3) is 9.97. The second-order valence-corrected chi connectivity index (χ2v) is 20.5. The number of fused-ring (bicyclic) bond motifs is 5. The summed E-state index contributed by atoms with van der Waals surface area (Å²) in [6.07, 6.45) is 41.7. The van der Waals surface area contributed by atoms with Gasteiger partial charge < -0.3 is 9.16 Å². The highest BCUT2D eigenvalue weighted by Crippen LogP contribution is 2.65. The molecule has 6 atom stereocenters. The first kappa shape index (κ1) is 36.8. The van der Waals surface area contributed by atoms with Gasteiger partial charge >= 0.3 is 5.97 Å². The van der Waals surface area contributed by atoms with E-state index in [1.807, 2.05) is 0 Å². The Bertz CT molecular complexity index is 1170. The quantitative estimate of drug-likeness (QED) is 0.0682. The van der Waals surface area contributed by atoms with E-state index in [9.17, 15) is 4.79 Å². The Balaban J connectivity index is 1.15. The number of carbonyl (C=O) groups excluding carboxylic acids is 1. The Hall–Kier alpha value is -2.07. The summed E-state index contributed by atoms with van der Waals surface area (Å²) in [6, 6.07) is 0. The molecule has 4 aliphatic carbocycles. The molecule has 0 radical (unpaired) electrons. The molecule has 2 saturated carbocycles. The van der Waals surface area contributed by atoms with Crippen LogP contribution in [0.25, 0.3) is 0 Å². The largest absolute Gasteiger partial charge is 0.547 e. The first-order valence-corrected chi connectivity index (χ1v) is 22.4. The van der Waals surface area contributed by atoms with E-state index >= 15 is 0 Å². The molecule has 4 aliphatic rings. The first-order chi connectivity index (χ1) is 22.1. The van der Waals surface area contributed by atoms with Crippen molar-refractivity contribution in [1.29, 1.82) is 0 Å². The summed E-state index contributed by atoms with van der Waals surface area (Å²) < 4.78 is 12.7. The van der Waals surface area contributed by atoms with Gasteiger partial charge in [0.1, 0.15) is 6.10 Å². The van der Waals surface area contributed by atoms with Crippen LogP contribution in [0.15, 0.2) is 72.1 Å². The van der Waals surface area contributed by atoms with Crippen LogP contribution in [0.4, 0.5) is 0 Å². The molecule has 0 bridgehead atoms. The molecule has 0 aromatic rings. The van der Waals surface area contributed by atoms with E-state index < -0.39 is 8.32 Å². The Kier molecular flexibility index (Phi) is 13.9. The standard InChI is InChI=1S/C42H66O3Si/c1-7-8-9-10-11-12-13-14-15-16-17-18-19-20-21-22-23-24-40(43)44-39-28-27-37-36-26-25-34-33-35(45-46(4,5)6)29-31-41(34,2)38(36)30-32-42(37,39)3/h11-12,14-15,17-18,20-21,25,33,36-39H,7-10,13,16,19,22-24,26-32H2,1-6H3/b12-11-,15-14-,18-17-,21-20-/t36-,37-,38-,39+,41-,42-/m0/s1. The number of carbonyl (C=O) groups is 1. The van der Waals surface area contributed by atoms with Gasteiger partial charge in [-0.05, 0) is 138 Å². The van der Waals surface area contributed by atoms with Crippen molar-refractivity contribution in [1.82, 2.24) is 0 Å². The van der Waals surface area contributed by atoms with Crippen LogP contribution in [0.2, 0.25) is 19.6 Å². The molecule has 0 spiro atoms. The lowest BCUT2D eigenvalue weighted by molar-refractivity contribution is -0.159. The van der Waals surface area contributed by atoms with E-state index in [1.165, 1.54) is 69.1 Å². The molecule has 0 unspecified atom stereocenters. The highest BCUT2D eigenvalue weighted by Gasteiger charge is 2.59. The lowest BCUT2D eigenvalue weighted by Crippen LogP contribution is -2.50. The maximum atomic E-state index is 12.9. The third-order valence-corrected chi connectivity index (χ3v) is 12.4. The van der Waals surface area contributed by atoms with E-state index in [-0.39, 0.29) is 22.9 Å². The van der Waals surface area contributed by atoms with Crippen LogP contribution in [0, 0.1) is 28.6 Å². The lowest BCUT2D eigenvalue weighted by atomic mass is 9.48. The van der Waals surface area contributed by atoms with Crippen LogP contribution in [0.3, 0.4) is 0 Å². The molecule has 46 heavy (non-hydrogen) atoms. The van der Waals surface area contributed by atoms with Crippen molar-refractivity contribution in [2.75, 3.05) is 0 Å². The molecule has 0 heterocycles. The number of hydrogen-bond donors (Lipinski definition) is 0. The molecule has 4 rings (SSSR count). The van der Waals surface area contributed by atoms with Gasteiger partial charge in [0.15, 0.2) is 0 Å². The fourth-order valence-electron chi connectivity index (χ4n) is 9.06. The van der Waals surface area contributed by atoms with E-state index in [0.29, 0.717) is 18.3 Å². The summed E-state index contributed by atoms with van der Waals surface area (Å²) in [6.45, 7) is 14.1. The number of allylic oxidation sites excluding steroid dienone is 12. The van der Waals surface area contributed by atoms with Crippen molar-refractivity contribution >= 4 is 14.3 Å². The number of rotatable bonds is 17. The van der Waals surface area contributed by atoms with Crippen molar-refractivity contribution in [3.63, 3.8) is 0 Å². The van der Waals surface area contributed by atoms with E-state index in [4.69, 9.17) is 9.16 Å². The number of hydrogen-bond acceptors (Lipinski definition) is 3. The van der Waals surface area contributed by atoms with Gasteiger partial charge in [0.2, 0.25) is 8.32 Å². The molecule has 0 aromatic carbocycles. The highest BCUT2D eigenvalue weighted by atomic mass is 28.4. The Morgan fingerprint density at radius 1 is 0.848 bits per heavy atom. The maximum absolute atomic E-state index is 12.9. The fraction of sp³-hybridized carbons (Fsp3) is 0.690. The van der Waals surface area contributed by atoms with Gasteiger partial charge in [-0.2, -0.15) is 0 Å². The van der Waals surface area contributed by atoms with Crippen LogP contribution in [0.5, 0.6) is 0 Å². The summed E-state index contributed by atoms with van der Waals surface area (Å²) in [5.41, 5.74) is 1.92. The lowest BCUT2D eigenvalue weighted by Gasteiger charge is -2.56. The fourth-order valence-corrected chi connectivity index (χ4v) is 10.0. The summed E-state index contributed by atoms with van der Waals surface area (Å²) >= 11 is 0. The molecule has 0 N–H and O–H groups in total. The normalized spacial score (nSPS) is 31.3. The Morgan fingerprint density at radius 2 is 1.50 bits per heavy atom. The van der Waals surface area contributed by atoms with Crippen molar-refractivity contribution in [2.45, 2.75) is 156 Å². The molecule has 3 nitrogen and oxygen atoms in total. The van der Waals surface area contributed by atoms with Crippen LogP contribution < -0.4 is 0 Å². The summed E-state index contributed by atoms with van der Waals surface area (Å²) in [4.78, 5) is 12.9. The molecule has 0 aliphatic heterocycles. The van der Waals surface area contributed by atoms with Gasteiger partial charge in [-0.15, -0.1) is 0 Å². The predicted octanol–water partition coefficient (Wildman–Crippen LogP) is 12.4. The third-order valence-electron chi connectivity index (χ3n) is 11.6. The average molecular weight is 647 g/mol. The van der Waals surface area contributed by atoms with Crippen molar-refractivity contribution in [3.05, 3.63) is 72.1 Å². The molecule has 0 saturated heterocycles. The van der Waals surface area contributed by atoms with Gasteiger partial charge in [0, 0.05) is 18.3 Å². The predicted molar refractivity (Wildman–Crippen MR) is 198 cm³/mol. The summed E-state index contributed by atoms with van der Waals surface area (Å²) in [7, 11) is -1.58. The van der Waals surface area contributed by atoms with E-state index in [2.05, 4.69) is 101 Å². The van der Waals surface area contributed by atoms with Gasteiger partial charge in [-0.1, -0.05) is 88.3 Å². The Morgan fingerprint density at radius 3 is 2.15 bits per heavy atom. The van der Waals surface area contributed by atoms with Crippen molar-refractivity contribution in [2.24, 2.45) is 28.6 Å². The van der Waals surface area contributed by atoms with Crippen LogP contribution in [0.1, 0.15) is 130 Å². The maximum Gasteiger partial charge on any atom is 0.306 e. The van der Waals surface area contributed by atoms with E-state index in [1.54, 1.807) is 0 Å². The minimum Gasteiger partial charge on any atom is -0.547 e. The monoisotopic (exact) mass is 646 g/mol. The first-order valence-electron chi connectivity index (χ1n) is 19.0. The van der Waals surface area contributed by atoms with Crippen LogP contribution >= 0.6 is 0 Å². The van der Waals surface area contributed by atoms with Gasteiger partial charge in [-0.25, -0.2) is 0 Å². The number of unbranched alkanes of at least 4 members (excludes halogenated alkanes) is 4. The van der Waals surface area contributed by atoms with Crippen molar-refractivity contribution < 1.29 is 14.0 Å². The minimum atomic E-state index is -1.58. The molecular formula is C42H66O3Si. The SMILES string of the molecule is CCCCC/C=C\C/C=C\C/C=C\C/C=C\CCCC(=O)O[C@@H]1CC[C@H]2[C@@H]3CC=C4C=C(O[Si](C)(C)C)CC[C@]4(C)[C@H]3CC[C@]12C. The van der Waals surface area contributed by atoms with Gasteiger partial charge in [-0.3, -0.25) is 4.79 Å². The number of ether oxygens (including phenoxy) is 1. The topological polar surface area (TPSA) is 35.5 Å². The number of esters is 1. The molecule has 0 aromatic heterocycles. The average Bonchev–Trinajstić information content (AvgIpc) is 3.33. The molecular weight excluding hydrogens is 581 g/mol. The molecule has 2 fully saturated rings. The molecule has 256 valence electrons. The smallest absolute Gasteiger partial charge is 0.306 e. The Labute approximate surface area is 283 Å². The minimum absolute atomic E-state index is 0.00928. The van der Waals surface area contributed by atoms with Crippen LogP contribution in [-0.4, -0.2) is 20.4 Å². The van der Waals surface area contributed by atoms with E-state index in [0.717, 1.165) is 50.9 Å². The zero-order chi connectivity index (χ0) is 33.0. The van der Waals surface area contributed by atoms with Crippen molar-refractivity contribution in [3.8, 4) is 0 Å². The van der Waals surface area contributed by atoms with Gasteiger partial charge in [0.25, 0.3) is 0 Å². The second-order valence-electron chi connectivity index (χ2n) is 16.1. The highest BCUT2D eigenvalue weighted by molar-refractivity contribution is 6.70. The van der Waals surface area contributed by atoms with Crippen LogP contribution in [-0.2, 0) is 14.0 Å². The second kappa shape index (κ2) is 17.4. The molecule has 4 heteroatoms. The molecule has 0 amide bonds. The summed E-state index contributed by atoms with van der Waals surface area (Å²) in [5, 5.41) is 0. The zero-order valence-electron chi connectivity index (χ0n) is 30.3. The van der Waals surface area contributed by atoms with Gasteiger partial charge in [0.05, 0.1) is 5.76 Å². The summed E-state index contributed by atoms with van der Waals surface area (Å²) in [5.74, 6) is 3.33.